The predicted molar refractivity (Wildman–Crippen MR) is 78.0 cm³/mol. The van der Waals surface area contributed by atoms with Gasteiger partial charge in [0.15, 0.2) is 0 Å². The van der Waals surface area contributed by atoms with E-state index in [0.29, 0.717) is 23.4 Å². The zero-order chi connectivity index (χ0) is 14.3. The number of benzene rings is 1. The van der Waals surface area contributed by atoms with E-state index in [1.54, 1.807) is 36.0 Å². The van der Waals surface area contributed by atoms with Crippen molar-refractivity contribution in [2.45, 2.75) is 6.23 Å². The van der Waals surface area contributed by atoms with Crippen molar-refractivity contribution < 1.29 is 14.7 Å². The minimum absolute atomic E-state index is 0.0975. The maximum absolute atomic E-state index is 12.6. The van der Waals surface area contributed by atoms with E-state index in [0.717, 1.165) is 5.75 Å². The van der Waals surface area contributed by atoms with Gasteiger partial charge in [-0.2, -0.15) is 11.8 Å². The molecule has 0 aromatic heterocycles. The molecule has 1 aliphatic heterocycles. The van der Waals surface area contributed by atoms with Gasteiger partial charge in [0, 0.05) is 29.2 Å². The number of aliphatic hydroxyl groups excluding tert-OH is 1. The molecule has 1 saturated heterocycles. The Kier molecular flexibility index (Phi) is 3.58. The molecule has 3 rings (SSSR count). The highest BCUT2D eigenvalue weighted by molar-refractivity contribution is 7.99. The molecule has 1 fully saturated rings. The van der Waals surface area contributed by atoms with E-state index in [9.17, 15) is 14.7 Å². The van der Waals surface area contributed by atoms with Crippen LogP contribution in [0.25, 0.3) is 0 Å². The van der Waals surface area contributed by atoms with E-state index < -0.39 is 6.23 Å². The Balaban J connectivity index is 2.09. The molecule has 0 spiro atoms. The van der Waals surface area contributed by atoms with E-state index in [4.69, 9.17) is 11.6 Å². The quantitative estimate of drug-likeness (QED) is 0.858. The third-order valence-corrected chi connectivity index (χ3v) is 4.78. The van der Waals surface area contributed by atoms with Crippen LogP contribution in [0.15, 0.2) is 35.0 Å². The van der Waals surface area contributed by atoms with E-state index in [1.165, 1.54) is 4.90 Å². The first-order valence-corrected chi connectivity index (χ1v) is 7.75. The highest BCUT2D eigenvalue weighted by Crippen LogP contribution is 2.32. The van der Waals surface area contributed by atoms with Gasteiger partial charge >= 0.3 is 0 Å². The summed E-state index contributed by atoms with van der Waals surface area (Å²) in [6.45, 7) is 0.499. The summed E-state index contributed by atoms with van der Waals surface area (Å²) in [5.41, 5.74) is 0.803. The third kappa shape index (κ3) is 2.06. The Morgan fingerprint density at radius 1 is 1.20 bits per heavy atom. The summed E-state index contributed by atoms with van der Waals surface area (Å²) >= 11 is 7.71. The summed E-state index contributed by atoms with van der Waals surface area (Å²) in [5, 5.41) is 9.94. The lowest BCUT2D eigenvalue weighted by Gasteiger charge is -2.36. The molecule has 104 valence electrons. The van der Waals surface area contributed by atoms with Crippen LogP contribution < -0.4 is 0 Å². The summed E-state index contributed by atoms with van der Waals surface area (Å²) in [4.78, 5) is 26.4. The number of aliphatic hydroxyl groups is 1. The fourth-order valence-corrected chi connectivity index (χ4v) is 3.62. The maximum Gasteiger partial charge on any atom is 0.211 e. The lowest BCUT2D eigenvalue weighted by molar-refractivity contribution is 0.0436. The van der Waals surface area contributed by atoms with Gasteiger partial charge in [-0.05, 0) is 0 Å². The van der Waals surface area contributed by atoms with E-state index >= 15 is 0 Å². The molecule has 1 atom stereocenters. The van der Waals surface area contributed by atoms with Gasteiger partial charge in [0.1, 0.15) is 17.0 Å². The van der Waals surface area contributed by atoms with Crippen LogP contribution in [-0.2, 0) is 0 Å². The standard InChI is InChI=1S/C14H12ClNO3S/c15-11-12(16-5-6-20-7-10(16)17)14(19)9-4-2-1-3-8(9)13(11)18/h1-4,10,17H,5-7H2. The third-order valence-electron chi connectivity index (χ3n) is 3.43. The van der Waals surface area contributed by atoms with Crippen molar-refractivity contribution in [2.24, 2.45) is 0 Å². The average Bonchev–Trinajstić information content (AvgIpc) is 2.47. The number of carbonyl (C=O) groups is 2. The number of hydrogen-bond acceptors (Lipinski definition) is 5. The van der Waals surface area contributed by atoms with E-state index in [-0.39, 0.29) is 22.3 Å². The maximum atomic E-state index is 12.6. The number of nitrogens with zero attached hydrogens (tertiary/aromatic N) is 1. The minimum atomic E-state index is -0.792. The summed E-state index contributed by atoms with van der Waals surface area (Å²) in [5.74, 6) is 0.628. The molecular formula is C14H12ClNO3S. The zero-order valence-corrected chi connectivity index (χ0v) is 12.1. The summed E-state index contributed by atoms with van der Waals surface area (Å²) in [6.07, 6.45) is -0.792. The average molecular weight is 310 g/mol. The largest absolute Gasteiger partial charge is 0.373 e. The Morgan fingerprint density at radius 2 is 1.85 bits per heavy atom. The van der Waals surface area contributed by atoms with Crippen molar-refractivity contribution in [1.29, 1.82) is 0 Å². The Morgan fingerprint density at radius 3 is 2.50 bits per heavy atom. The topological polar surface area (TPSA) is 57.6 Å². The van der Waals surface area contributed by atoms with Crippen LogP contribution >= 0.6 is 23.4 Å². The van der Waals surface area contributed by atoms with Crippen molar-refractivity contribution in [1.82, 2.24) is 4.90 Å². The molecule has 20 heavy (non-hydrogen) atoms. The molecule has 1 N–H and O–H groups in total. The SMILES string of the molecule is O=C1C(Cl)=C(N2CCSCC2O)C(=O)c2ccccc21. The summed E-state index contributed by atoms with van der Waals surface area (Å²) in [6, 6.07) is 6.62. The number of fused-ring (bicyclic) bond motifs is 1. The molecule has 0 radical (unpaired) electrons. The number of rotatable bonds is 1. The molecule has 4 nitrogen and oxygen atoms in total. The highest BCUT2D eigenvalue weighted by atomic mass is 35.5. The Bertz CT molecular complexity index is 629. The normalized spacial score (nSPS) is 23.1. The van der Waals surface area contributed by atoms with Crippen LogP contribution in [0, 0.1) is 0 Å². The van der Waals surface area contributed by atoms with Gasteiger partial charge in [-0.25, -0.2) is 0 Å². The van der Waals surface area contributed by atoms with E-state index in [2.05, 4.69) is 0 Å². The molecule has 2 aliphatic rings. The zero-order valence-electron chi connectivity index (χ0n) is 10.5. The van der Waals surface area contributed by atoms with Crippen LogP contribution in [0.2, 0.25) is 0 Å². The fourth-order valence-electron chi connectivity index (χ4n) is 2.44. The molecule has 0 saturated carbocycles. The molecule has 1 aromatic rings. The number of ketones is 2. The van der Waals surface area contributed by atoms with Crippen molar-refractivity contribution in [3.63, 3.8) is 0 Å². The predicted octanol–water partition coefficient (Wildman–Crippen LogP) is 1.88. The Hall–Kier alpha value is -1.30. The second kappa shape index (κ2) is 5.24. The van der Waals surface area contributed by atoms with Gasteiger partial charge in [0.25, 0.3) is 0 Å². The molecule has 0 bridgehead atoms. The van der Waals surface area contributed by atoms with Gasteiger partial charge in [-0.15, -0.1) is 0 Å². The van der Waals surface area contributed by atoms with Crippen molar-refractivity contribution >= 4 is 34.9 Å². The summed E-state index contributed by atoms with van der Waals surface area (Å²) < 4.78 is 0. The molecule has 1 aromatic carbocycles. The molecule has 1 heterocycles. The lowest BCUT2D eigenvalue weighted by Crippen LogP contribution is -2.45. The second-order valence-corrected chi connectivity index (χ2v) is 6.14. The monoisotopic (exact) mass is 309 g/mol. The minimum Gasteiger partial charge on any atom is -0.373 e. The molecule has 1 unspecified atom stereocenters. The number of Topliss-reactive ketones (excluding diaryl/α,β-unsaturated/α-hetero) is 2. The van der Waals surface area contributed by atoms with Crippen LogP contribution in [0.3, 0.4) is 0 Å². The van der Waals surface area contributed by atoms with Gasteiger partial charge in [0.2, 0.25) is 11.6 Å². The number of halogens is 1. The van der Waals surface area contributed by atoms with Crippen molar-refractivity contribution in [2.75, 3.05) is 18.1 Å². The van der Waals surface area contributed by atoms with Gasteiger partial charge in [-0.1, -0.05) is 35.9 Å². The van der Waals surface area contributed by atoms with Gasteiger partial charge in [0.05, 0.1) is 0 Å². The van der Waals surface area contributed by atoms with Crippen LogP contribution in [0.1, 0.15) is 20.7 Å². The number of thioether (sulfide) groups is 1. The molecule has 0 amide bonds. The van der Waals surface area contributed by atoms with Gasteiger partial charge in [-0.3, -0.25) is 9.59 Å². The number of hydrogen-bond donors (Lipinski definition) is 1. The molecule has 1 aliphatic carbocycles. The van der Waals surface area contributed by atoms with Crippen LogP contribution in [0.4, 0.5) is 0 Å². The smallest absolute Gasteiger partial charge is 0.211 e. The van der Waals surface area contributed by atoms with E-state index in [1.807, 2.05) is 0 Å². The fraction of sp³-hybridized carbons (Fsp3) is 0.286. The summed E-state index contributed by atoms with van der Waals surface area (Å²) in [7, 11) is 0. The number of allylic oxidation sites excluding steroid dienone is 2. The molecule has 6 heteroatoms. The van der Waals surface area contributed by atoms with Crippen LogP contribution in [-0.4, -0.2) is 45.9 Å². The number of carbonyl (C=O) groups excluding carboxylic acids is 2. The second-order valence-electron chi connectivity index (χ2n) is 4.62. The first-order chi connectivity index (χ1) is 9.61. The van der Waals surface area contributed by atoms with Crippen LogP contribution in [0.5, 0.6) is 0 Å². The van der Waals surface area contributed by atoms with Crippen molar-refractivity contribution in [3.05, 3.63) is 46.1 Å². The Labute approximate surface area is 125 Å². The first-order valence-electron chi connectivity index (χ1n) is 6.22. The first kappa shape index (κ1) is 13.7. The highest BCUT2D eigenvalue weighted by Gasteiger charge is 2.37. The molecular weight excluding hydrogens is 298 g/mol. The lowest BCUT2D eigenvalue weighted by atomic mass is 9.92. The van der Waals surface area contributed by atoms with Crippen molar-refractivity contribution in [3.8, 4) is 0 Å². The van der Waals surface area contributed by atoms with Gasteiger partial charge < -0.3 is 10.0 Å².